The van der Waals surface area contributed by atoms with Gasteiger partial charge in [-0.2, -0.15) is 0 Å². The lowest BCUT2D eigenvalue weighted by molar-refractivity contribution is -0.148. The van der Waals surface area contributed by atoms with E-state index in [2.05, 4.69) is 4.72 Å². The molecular formula is C10H15NO4S. The summed E-state index contributed by atoms with van der Waals surface area (Å²) in [4.78, 5) is 11.5. The molecule has 0 aliphatic heterocycles. The van der Waals surface area contributed by atoms with E-state index in [1.807, 2.05) is 0 Å². The second kappa shape index (κ2) is 4.29. The molecule has 1 N–H and O–H groups in total. The third-order valence-electron chi connectivity index (χ3n) is 1.57. The van der Waals surface area contributed by atoms with Crippen molar-refractivity contribution in [3.05, 3.63) is 23.3 Å². The quantitative estimate of drug-likeness (QED) is 0.593. The summed E-state index contributed by atoms with van der Waals surface area (Å²) in [5.74, 6) is -0.583. The van der Waals surface area contributed by atoms with Crippen LogP contribution in [0.3, 0.4) is 0 Å². The second-order valence-corrected chi connectivity index (χ2v) is 6.13. The molecule has 0 amide bonds. The van der Waals surface area contributed by atoms with Gasteiger partial charge in [0.2, 0.25) is 0 Å². The highest BCUT2D eigenvalue weighted by Gasteiger charge is 2.22. The van der Waals surface area contributed by atoms with Crippen molar-refractivity contribution in [2.75, 3.05) is 0 Å². The molecule has 0 fully saturated rings. The second-order valence-electron chi connectivity index (χ2n) is 4.36. The van der Waals surface area contributed by atoms with E-state index in [9.17, 15) is 13.2 Å². The van der Waals surface area contributed by atoms with Gasteiger partial charge in [-0.25, -0.2) is 13.2 Å². The molecule has 0 radical (unpaired) electrons. The number of nitrogens with one attached hydrogen (secondary N) is 1. The first-order valence-electron chi connectivity index (χ1n) is 4.82. The first kappa shape index (κ1) is 12.8. The fourth-order valence-electron chi connectivity index (χ4n) is 0.864. The molecule has 1 rings (SSSR count). The number of carbonyl (C=O) groups excluding carboxylic acids is 1. The van der Waals surface area contributed by atoms with Crippen molar-refractivity contribution in [2.24, 2.45) is 0 Å². The normalized spacial score (nSPS) is 15.8. The number of hydrogen-bond donors (Lipinski definition) is 1. The topological polar surface area (TPSA) is 72.5 Å². The first-order chi connectivity index (χ1) is 7.21. The number of sulfonamides is 1. The first-order valence-corrected chi connectivity index (χ1v) is 6.30. The Morgan fingerprint density at radius 2 is 2.06 bits per heavy atom. The average molecular weight is 245 g/mol. The molecule has 0 aromatic heterocycles. The Hall–Kier alpha value is -1.30. The maximum absolute atomic E-state index is 11.3. The minimum Gasteiger partial charge on any atom is -0.457 e. The summed E-state index contributed by atoms with van der Waals surface area (Å²) in [6.07, 6.45) is 4.19. The minimum atomic E-state index is -3.41. The largest absolute Gasteiger partial charge is 0.457 e. The molecule has 0 aromatic rings. The summed E-state index contributed by atoms with van der Waals surface area (Å²) < 4.78 is 29.7. The van der Waals surface area contributed by atoms with Gasteiger partial charge in [-0.1, -0.05) is 6.08 Å². The van der Waals surface area contributed by atoms with Crippen LogP contribution in [0.25, 0.3) is 0 Å². The minimum absolute atomic E-state index is 0.348. The van der Waals surface area contributed by atoms with Gasteiger partial charge >= 0.3 is 5.97 Å². The van der Waals surface area contributed by atoms with Crippen molar-refractivity contribution in [1.82, 2.24) is 4.72 Å². The molecule has 0 saturated heterocycles. The van der Waals surface area contributed by atoms with Gasteiger partial charge in [0.15, 0.2) is 0 Å². The lowest BCUT2D eigenvalue weighted by atomic mass is 10.2. The van der Waals surface area contributed by atoms with Crippen LogP contribution in [0.4, 0.5) is 0 Å². The highest BCUT2D eigenvalue weighted by molar-refractivity contribution is 7.93. The molecule has 16 heavy (non-hydrogen) atoms. The predicted molar refractivity (Wildman–Crippen MR) is 59.7 cm³/mol. The molecule has 0 unspecified atom stereocenters. The van der Waals surface area contributed by atoms with E-state index in [4.69, 9.17) is 4.74 Å². The van der Waals surface area contributed by atoms with Crippen LogP contribution in [0, 0.1) is 0 Å². The molecule has 1 aliphatic rings. The van der Waals surface area contributed by atoms with E-state index in [0.717, 1.165) is 12.3 Å². The van der Waals surface area contributed by atoms with E-state index >= 15 is 0 Å². The zero-order chi connectivity index (χ0) is 12.4. The van der Waals surface area contributed by atoms with Gasteiger partial charge in [0, 0.05) is 18.7 Å². The third-order valence-corrected chi connectivity index (χ3v) is 3.04. The van der Waals surface area contributed by atoms with Crippen molar-refractivity contribution in [3.63, 3.8) is 0 Å². The van der Waals surface area contributed by atoms with Crippen LogP contribution < -0.4 is 4.72 Å². The summed E-state index contributed by atoms with van der Waals surface area (Å²) in [7, 11) is -3.41. The summed E-state index contributed by atoms with van der Waals surface area (Å²) in [5, 5.41) is 0. The van der Waals surface area contributed by atoms with Crippen LogP contribution in [-0.4, -0.2) is 20.0 Å². The molecule has 0 atom stereocenters. The number of esters is 1. The fourth-order valence-corrected chi connectivity index (χ4v) is 1.78. The Bertz CT molecular complexity index is 440. The molecule has 5 nitrogen and oxygen atoms in total. The van der Waals surface area contributed by atoms with Crippen LogP contribution >= 0.6 is 0 Å². The number of allylic oxidation sites excluding steroid dienone is 2. The van der Waals surface area contributed by atoms with Crippen LogP contribution in [0.5, 0.6) is 0 Å². The molecule has 0 spiro atoms. The lowest BCUT2D eigenvalue weighted by Gasteiger charge is -2.17. The van der Waals surface area contributed by atoms with E-state index in [-0.39, 0.29) is 0 Å². The number of carbonyl (C=O) groups is 1. The zero-order valence-corrected chi connectivity index (χ0v) is 10.3. The van der Waals surface area contributed by atoms with Crippen LogP contribution in [0.1, 0.15) is 27.2 Å². The van der Waals surface area contributed by atoms with E-state index in [1.165, 1.54) is 0 Å². The van der Waals surface area contributed by atoms with Crippen LogP contribution in [0.15, 0.2) is 23.3 Å². The Kier molecular flexibility index (Phi) is 3.42. The molecule has 0 heterocycles. The van der Waals surface area contributed by atoms with Gasteiger partial charge in [0.1, 0.15) is 5.60 Å². The molecule has 0 bridgehead atoms. The molecule has 6 heteroatoms. The van der Waals surface area contributed by atoms with Gasteiger partial charge in [-0.3, -0.25) is 4.72 Å². The van der Waals surface area contributed by atoms with Crippen molar-refractivity contribution in [3.8, 4) is 0 Å². The van der Waals surface area contributed by atoms with Crippen molar-refractivity contribution < 1.29 is 17.9 Å². The third kappa shape index (κ3) is 4.48. The monoisotopic (exact) mass is 245 g/mol. The Morgan fingerprint density at radius 3 is 2.50 bits per heavy atom. The molecule has 0 aromatic carbocycles. The smallest absolute Gasteiger partial charge is 0.332 e. The standard InChI is InChI=1S/C10H15NO4S/c1-10(2,3)15-9(12)6-7-11-16(13,14)8-4-5-8/h4,6-7,11H,5H2,1-3H3. The van der Waals surface area contributed by atoms with Gasteiger partial charge in [-0.05, 0) is 20.8 Å². The molecule has 0 saturated carbocycles. The van der Waals surface area contributed by atoms with Gasteiger partial charge < -0.3 is 4.74 Å². The average Bonchev–Trinajstić information content (AvgIpc) is 2.80. The summed E-state index contributed by atoms with van der Waals surface area (Å²) in [6, 6.07) is 0. The SMILES string of the molecule is CC(C)(C)OC(=O)C=CNS(=O)(=O)C1=CC1. The molecule has 90 valence electrons. The van der Waals surface area contributed by atoms with Crippen molar-refractivity contribution >= 4 is 16.0 Å². The summed E-state index contributed by atoms with van der Waals surface area (Å²) in [5.41, 5.74) is -0.584. The van der Waals surface area contributed by atoms with Crippen molar-refractivity contribution in [2.45, 2.75) is 32.8 Å². The number of ether oxygens (including phenoxy) is 1. The van der Waals surface area contributed by atoms with E-state index in [1.54, 1.807) is 26.8 Å². The summed E-state index contributed by atoms with van der Waals surface area (Å²) in [6.45, 7) is 5.20. The summed E-state index contributed by atoms with van der Waals surface area (Å²) >= 11 is 0. The van der Waals surface area contributed by atoms with Gasteiger partial charge in [-0.15, -0.1) is 0 Å². The van der Waals surface area contributed by atoms with Crippen LogP contribution in [-0.2, 0) is 19.6 Å². The Labute approximate surface area is 95.2 Å². The van der Waals surface area contributed by atoms with E-state index < -0.39 is 21.6 Å². The molecule has 1 aliphatic carbocycles. The van der Waals surface area contributed by atoms with E-state index in [0.29, 0.717) is 11.3 Å². The maximum atomic E-state index is 11.3. The fraction of sp³-hybridized carbons (Fsp3) is 0.500. The predicted octanol–water partition coefficient (Wildman–Crippen LogP) is 1.05. The number of hydrogen-bond acceptors (Lipinski definition) is 4. The van der Waals surface area contributed by atoms with Gasteiger partial charge in [0.05, 0.1) is 4.91 Å². The Balaban J connectivity index is 2.43. The lowest BCUT2D eigenvalue weighted by Crippen LogP contribution is -2.23. The molecular weight excluding hydrogens is 230 g/mol. The van der Waals surface area contributed by atoms with Crippen LogP contribution in [0.2, 0.25) is 0 Å². The number of rotatable bonds is 4. The maximum Gasteiger partial charge on any atom is 0.332 e. The highest BCUT2D eigenvalue weighted by atomic mass is 32.2. The highest BCUT2D eigenvalue weighted by Crippen LogP contribution is 2.23. The Morgan fingerprint density at radius 1 is 1.50 bits per heavy atom. The zero-order valence-electron chi connectivity index (χ0n) is 9.48. The van der Waals surface area contributed by atoms with Crippen molar-refractivity contribution in [1.29, 1.82) is 0 Å². The van der Waals surface area contributed by atoms with Gasteiger partial charge in [0.25, 0.3) is 10.0 Å².